The van der Waals surface area contributed by atoms with Crippen LogP contribution >= 0.6 is 0 Å². The Morgan fingerprint density at radius 3 is 2.17 bits per heavy atom. The molecule has 3 aromatic carbocycles. The molecule has 4 rings (SSSR count). The average molecular weight is 385 g/mol. The monoisotopic (exact) mass is 385 g/mol. The van der Waals surface area contributed by atoms with E-state index in [0.29, 0.717) is 18.7 Å². The summed E-state index contributed by atoms with van der Waals surface area (Å²) >= 11 is 0. The number of carbonyl (C=O) groups is 2. The molecule has 0 spiro atoms. The molecule has 1 heterocycles. The van der Waals surface area contributed by atoms with Crippen LogP contribution in [0.25, 0.3) is 0 Å². The van der Waals surface area contributed by atoms with Crippen molar-refractivity contribution in [3.05, 3.63) is 96.1 Å². The SMILES string of the molecule is O=C(Nc1ccccc1)c1ccc(N2CCCN(Cc3ccccc3)C2=O)cc1. The van der Waals surface area contributed by atoms with E-state index >= 15 is 0 Å². The summed E-state index contributed by atoms with van der Waals surface area (Å²) in [6, 6.07) is 26.6. The van der Waals surface area contributed by atoms with E-state index in [2.05, 4.69) is 5.32 Å². The fourth-order valence-electron chi connectivity index (χ4n) is 3.49. The molecule has 1 fully saturated rings. The molecule has 0 aliphatic carbocycles. The van der Waals surface area contributed by atoms with Crippen molar-refractivity contribution in [3.8, 4) is 0 Å². The van der Waals surface area contributed by atoms with Crippen molar-refractivity contribution in [3.63, 3.8) is 0 Å². The smallest absolute Gasteiger partial charge is 0.322 e. The average Bonchev–Trinajstić information content (AvgIpc) is 2.77. The van der Waals surface area contributed by atoms with E-state index in [4.69, 9.17) is 0 Å². The van der Waals surface area contributed by atoms with E-state index in [9.17, 15) is 9.59 Å². The van der Waals surface area contributed by atoms with Gasteiger partial charge in [-0.2, -0.15) is 0 Å². The van der Waals surface area contributed by atoms with Gasteiger partial charge in [-0.25, -0.2) is 4.79 Å². The number of anilines is 2. The molecular weight excluding hydrogens is 362 g/mol. The fraction of sp³-hybridized carbons (Fsp3) is 0.167. The molecule has 0 aromatic heterocycles. The largest absolute Gasteiger partial charge is 0.324 e. The van der Waals surface area contributed by atoms with Crippen molar-refractivity contribution in [1.29, 1.82) is 0 Å². The predicted octanol–water partition coefficient (Wildman–Crippen LogP) is 4.77. The van der Waals surface area contributed by atoms with Crippen LogP contribution in [-0.2, 0) is 6.54 Å². The number of urea groups is 1. The molecule has 1 aliphatic heterocycles. The Kier molecular flexibility index (Phi) is 5.56. The Morgan fingerprint density at radius 2 is 1.48 bits per heavy atom. The zero-order chi connectivity index (χ0) is 20.1. The van der Waals surface area contributed by atoms with Gasteiger partial charge < -0.3 is 10.2 Å². The van der Waals surface area contributed by atoms with E-state index in [0.717, 1.165) is 29.9 Å². The Labute approximate surface area is 170 Å². The van der Waals surface area contributed by atoms with Crippen LogP contribution in [0.3, 0.4) is 0 Å². The van der Waals surface area contributed by atoms with E-state index in [-0.39, 0.29) is 11.9 Å². The van der Waals surface area contributed by atoms with Gasteiger partial charge in [0.05, 0.1) is 0 Å². The summed E-state index contributed by atoms with van der Waals surface area (Å²) in [6.45, 7) is 2.04. The lowest BCUT2D eigenvalue weighted by Crippen LogP contribution is -2.49. The molecule has 1 saturated heterocycles. The summed E-state index contributed by atoms with van der Waals surface area (Å²) in [6.07, 6.45) is 0.912. The topological polar surface area (TPSA) is 52.7 Å². The van der Waals surface area contributed by atoms with E-state index < -0.39 is 0 Å². The summed E-state index contributed by atoms with van der Waals surface area (Å²) in [5, 5.41) is 2.87. The molecule has 5 heteroatoms. The normalized spacial score (nSPS) is 14.0. The molecule has 5 nitrogen and oxygen atoms in total. The van der Waals surface area contributed by atoms with Gasteiger partial charge in [0.25, 0.3) is 5.91 Å². The van der Waals surface area contributed by atoms with Gasteiger partial charge in [-0.3, -0.25) is 9.69 Å². The molecule has 0 unspecified atom stereocenters. The maximum absolute atomic E-state index is 13.0. The second-order valence-corrected chi connectivity index (χ2v) is 7.06. The summed E-state index contributed by atoms with van der Waals surface area (Å²) in [5.74, 6) is -0.168. The number of amides is 3. The first-order valence-electron chi connectivity index (χ1n) is 9.77. The van der Waals surface area contributed by atoms with Crippen LogP contribution in [0.1, 0.15) is 22.3 Å². The molecule has 0 saturated carbocycles. The highest BCUT2D eigenvalue weighted by Crippen LogP contribution is 2.22. The maximum Gasteiger partial charge on any atom is 0.324 e. The number of rotatable bonds is 5. The zero-order valence-electron chi connectivity index (χ0n) is 16.1. The Hall–Kier alpha value is -3.60. The lowest BCUT2D eigenvalue weighted by molar-refractivity contribution is 0.102. The molecule has 146 valence electrons. The molecule has 0 radical (unpaired) electrons. The summed E-state index contributed by atoms with van der Waals surface area (Å²) in [4.78, 5) is 29.0. The van der Waals surface area contributed by atoms with Gasteiger partial charge in [0.15, 0.2) is 0 Å². The standard InChI is InChI=1S/C24H23N3O2/c28-23(25-21-10-5-2-6-11-21)20-12-14-22(15-13-20)27-17-7-16-26(24(27)29)18-19-8-3-1-4-9-19/h1-6,8-15H,7,16-18H2,(H,25,28). The van der Waals surface area contributed by atoms with Gasteiger partial charge >= 0.3 is 6.03 Å². The molecule has 1 N–H and O–H groups in total. The van der Waals surface area contributed by atoms with E-state index in [1.165, 1.54) is 0 Å². The molecule has 3 amide bonds. The van der Waals surface area contributed by atoms with Crippen molar-refractivity contribution in [2.45, 2.75) is 13.0 Å². The third kappa shape index (κ3) is 4.46. The molecular formula is C24H23N3O2. The van der Waals surface area contributed by atoms with Crippen LogP contribution in [0.4, 0.5) is 16.2 Å². The molecule has 29 heavy (non-hydrogen) atoms. The second kappa shape index (κ2) is 8.61. The Bertz CT molecular complexity index is 972. The lowest BCUT2D eigenvalue weighted by Gasteiger charge is -2.35. The number of nitrogens with zero attached hydrogens (tertiary/aromatic N) is 2. The second-order valence-electron chi connectivity index (χ2n) is 7.06. The number of hydrogen-bond acceptors (Lipinski definition) is 2. The molecule has 0 bridgehead atoms. The summed E-state index contributed by atoms with van der Waals surface area (Å²) in [7, 11) is 0. The third-order valence-electron chi connectivity index (χ3n) is 5.00. The first kappa shape index (κ1) is 18.7. The summed E-state index contributed by atoms with van der Waals surface area (Å²) < 4.78 is 0. The maximum atomic E-state index is 13.0. The highest BCUT2D eigenvalue weighted by atomic mass is 16.2. The van der Waals surface area contributed by atoms with Gasteiger partial charge in [0.1, 0.15) is 0 Å². The van der Waals surface area contributed by atoms with Gasteiger partial charge in [-0.05, 0) is 48.4 Å². The Balaban J connectivity index is 1.44. The molecule has 0 atom stereocenters. The Morgan fingerprint density at radius 1 is 0.828 bits per heavy atom. The minimum atomic E-state index is -0.168. The van der Waals surface area contributed by atoms with Crippen molar-refractivity contribution in [1.82, 2.24) is 4.90 Å². The van der Waals surface area contributed by atoms with Gasteiger partial charge in [0.2, 0.25) is 0 Å². The quantitative estimate of drug-likeness (QED) is 0.688. The van der Waals surface area contributed by atoms with Gasteiger partial charge in [-0.1, -0.05) is 48.5 Å². The van der Waals surface area contributed by atoms with Crippen LogP contribution in [0.2, 0.25) is 0 Å². The number of hydrogen-bond donors (Lipinski definition) is 1. The van der Waals surface area contributed by atoms with Crippen LogP contribution in [0.15, 0.2) is 84.9 Å². The van der Waals surface area contributed by atoms with E-state index in [1.54, 1.807) is 17.0 Å². The van der Waals surface area contributed by atoms with Crippen molar-refractivity contribution < 1.29 is 9.59 Å². The predicted molar refractivity (Wildman–Crippen MR) is 115 cm³/mol. The highest BCUT2D eigenvalue weighted by molar-refractivity contribution is 6.04. The highest BCUT2D eigenvalue weighted by Gasteiger charge is 2.26. The number of nitrogens with one attached hydrogen (secondary N) is 1. The van der Waals surface area contributed by atoms with Crippen molar-refractivity contribution >= 4 is 23.3 Å². The van der Waals surface area contributed by atoms with Crippen molar-refractivity contribution in [2.75, 3.05) is 23.3 Å². The number of benzene rings is 3. The van der Waals surface area contributed by atoms with E-state index in [1.807, 2.05) is 77.7 Å². The minimum absolute atomic E-state index is 0.00147. The van der Waals surface area contributed by atoms with Crippen LogP contribution in [0, 0.1) is 0 Å². The lowest BCUT2D eigenvalue weighted by atomic mass is 10.1. The zero-order valence-corrected chi connectivity index (χ0v) is 16.1. The van der Waals surface area contributed by atoms with Gasteiger partial charge in [0, 0.05) is 36.6 Å². The van der Waals surface area contributed by atoms with Gasteiger partial charge in [-0.15, -0.1) is 0 Å². The van der Waals surface area contributed by atoms with Crippen LogP contribution in [-0.4, -0.2) is 29.9 Å². The third-order valence-corrected chi connectivity index (χ3v) is 5.00. The minimum Gasteiger partial charge on any atom is -0.322 e. The number of carbonyl (C=O) groups excluding carboxylic acids is 2. The molecule has 1 aliphatic rings. The molecule has 3 aromatic rings. The van der Waals surface area contributed by atoms with Crippen LogP contribution < -0.4 is 10.2 Å². The van der Waals surface area contributed by atoms with Crippen LogP contribution in [0.5, 0.6) is 0 Å². The fourth-order valence-corrected chi connectivity index (χ4v) is 3.49. The first-order valence-corrected chi connectivity index (χ1v) is 9.77. The summed E-state index contributed by atoms with van der Waals surface area (Å²) in [5.41, 5.74) is 3.24. The van der Waals surface area contributed by atoms with Crippen molar-refractivity contribution in [2.24, 2.45) is 0 Å². The first-order chi connectivity index (χ1) is 14.2. The number of para-hydroxylation sites is 1.